The molecule has 10 heavy (non-hydrogen) atoms. The van der Waals surface area contributed by atoms with Crippen LogP contribution in [-0.2, 0) is 4.84 Å². The van der Waals surface area contributed by atoms with Gasteiger partial charge in [-0.3, -0.25) is 0 Å². The summed E-state index contributed by atoms with van der Waals surface area (Å²) in [6, 6.07) is 0. The van der Waals surface area contributed by atoms with Crippen molar-refractivity contribution < 1.29 is 9.94 Å². The summed E-state index contributed by atoms with van der Waals surface area (Å²) in [6.45, 7) is 5.86. The summed E-state index contributed by atoms with van der Waals surface area (Å²) in [6.07, 6.45) is 0.748. The minimum atomic E-state index is 0.220. The summed E-state index contributed by atoms with van der Waals surface area (Å²) in [4.78, 5) is 5.04. The Morgan fingerprint density at radius 1 is 1.50 bits per heavy atom. The van der Waals surface area contributed by atoms with E-state index in [9.17, 15) is 0 Å². The Morgan fingerprint density at radius 3 is 2.70 bits per heavy atom. The van der Waals surface area contributed by atoms with Crippen molar-refractivity contribution in [2.45, 2.75) is 20.3 Å². The van der Waals surface area contributed by atoms with Gasteiger partial charge in [0, 0.05) is 13.2 Å². The van der Waals surface area contributed by atoms with E-state index in [-0.39, 0.29) is 6.61 Å². The smallest absolute Gasteiger partial charge is 0.0705 e. The van der Waals surface area contributed by atoms with Crippen LogP contribution in [0.3, 0.4) is 0 Å². The zero-order valence-corrected chi connectivity index (χ0v) is 6.76. The molecular weight excluding hydrogens is 130 g/mol. The van der Waals surface area contributed by atoms with Crippen LogP contribution in [0.15, 0.2) is 0 Å². The third kappa shape index (κ3) is 7.88. The highest BCUT2D eigenvalue weighted by Gasteiger charge is 1.91. The van der Waals surface area contributed by atoms with Gasteiger partial charge in [-0.15, -0.1) is 0 Å². The molecule has 0 aromatic heterocycles. The van der Waals surface area contributed by atoms with E-state index in [1.807, 2.05) is 0 Å². The van der Waals surface area contributed by atoms with Gasteiger partial charge < -0.3 is 9.94 Å². The second-order valence-corrected chi connectivity index (χ2v) is 2.68. The number of nitrogens with one attached hydrogen (secondary N) is 1. The van der Waals surface area contributed by atoms with Gasteiger partial charge in [0.05, 0.1) is 6.61 Å². The molecule has 62 valence electrons. The Labute approximate surface area is 62.3 Å². The van der Waals surface area contributed by atoms with E-state index < -0.39 is 0 Å². The van der Waals surface area contributed by atoms with Crippen LogP contribution >= 0.6 is 0 Å². The van der Waals surface area contributed by atoms with E-state index in [2.05, 4.69) is 19.3 Å². The highest BCUT2D eigenvalue weighted by Crippen LogP contribution is 1.89. The number of rotatable bonds is 6. The molecule has 3 nitrogen and oxygen atoms in total. The van der Waals surface area contributed by atoms with E-state index in [4.69, 9.17) is 9.94 Å². The highest BCUT2D eigenvalue weighted by atomic mass is 16.6. The molecule has 0 fully saturated rings. The summed E-state index contributed by atoms with van der Waals surface area (Å²) in [5.74, 6) is 0.557. The fourth-order valence-corrected chi connectivity index (χ4v) is 0.449. The first-order valence-corrected chi connectivity index (χ1v) is 3.73. The first-order valence-electron chi connectivity index (χ1n) is 3.73. The molecule has 0 unspecified atom stereocenters. The standard InChI is InChI=1S/C7H17NO2/c1-7(2)6-10-8-4-3-5-9/h7-9H,3-6H2,1-2H3. The molecule has 0 aliphatic carbocycles. The normalized spacial score (nSPS) is 10.8. The molecule has 0 amide bonds. The fraction of sp³-hybridized carbons (Fsp3) is 1.00. The molecule has 2 N–H and O–H groups in total. The van der Waals surface area contributed by atoms with Crippen molar-refractivity contribution in [2.24, 2.45) is 5.92 Å². The number of hydrogen-bond donors (Lipinski definition) is 2. The number of hydroxylamine groups is 1. The van der Waals surface area contributed by atoms with Crippen LogP contribution in [0.1, 0.15) is 20.3 Å². The average Bonchev–Trinajstić information content (AvgIpc) is 1.87. The van der Waals surface area contributed by atoms with Gasteiger partial charge in [0.1, 0.15) is 0 Å². The Kier molecular flexibility index (Phi) is 6.91. The van der Waals surface area contributed by atoms with Gasteiger partial charge in [-0.25, -0.2) is 5.48 Å². The Morgan fingerprint density at radius 2 is 2.20 bits per heavy atom. The molecule has 0 aliphatic heterocycles. The Bertz CT molecular complexity index is 66.6. The maximum absolute atomic E-state index is 8.38. The molecular formula is C7H17NO2. The molecule has 0 rings (SSSR count). The number of hydrogen-bond acceptors (Lipinski definition) is 3. The highest BCUT2D eigenvalue weighted by molar-refractivity contribution is 4.38. The van der Waals surface area contributed by atoms with Crippen LogP contribution in [-0.4, -0.2) is 24.9 Å². The lowest BCUT2D eigenvalue weighted by Crippen LogP contribution is -2.19. The predicted molar refractivity (Wildman–Crippen MR) is 40.5 cm³/mol. The third-order valence-electron chi connectivity index (χ3n) is 0.956. The molecule has 0 bridgehead atoms. The van der Waals surface area contributed by atoms with Crippen LogP contribution in [0.25, 0.3) is 0 Å². The van der Waals surface area contributed by atoms with Gasteiger partial charge >= 0.3 is 0 Å². The lowest BCUT2D eigenvalue weighted by molar-refractivity contribution is 0.0213. The van der Waals surface area contributed by atoms with Crippen molar-refractivity contribution in [1.29, 1.82) is 0 Å². The average molecular weight is 147 g/mol. The van der Waals surface area contributed by atoms with Crippen LogP contribution < -0.4 is 5.48 Å². The molecule has 0 saturated carbocycles. The van der Waals surface area contributed by atoms with Crippen molar-refractivity contribution in [2.75, 3.05) is 19.8 Å². The SMILES string of the molecule is CC(C)CONCCCO. The second-order valence-electron chi connectivity index (χ2n) is 2.68. The summed E-state index contributed by atoms with van der Waals surface area (Å²) < 4.78 is 0. The molecule has 0 radical (unpaired) electrons. The minimum Gasteiger partial charge on any atom is -0.396 e. The van der Waals surface area contributed by atoms with E-state index >= 15 is 0 Å². The molecule has 0 saturated heterocycles. The van der Waals surface area contributed by atoms with Gasteiger partial charge in [0.25, 0.3) is 0 Å². The molecule has 0 aromatic rings. The zero-order chi connectivity index (χ0) is 7.82. The number of aliphatic hydroxyl groups excluding tert-OH is 1. The lowest BCUT2D eigenvalue weighted by Gasteiger charge is -2.06. The topological polar surface area (TPSA) is 41.5 Å². The van der Waals surface area contributed by atoms with Crippen molar-refractivity contribution in [3.8, 4) is 0 Å². The van der Waals surface area contributed by atoms with Crippen LogP contribution in [0.4, 0.5) is 0 Å². The monoisotopic (exact) mass is 147 g/mol. The molecule has 0 heterocycles. The van der Waals surface area contributed by atoms with E-state index in [0.717, 1.165) is 19.6 Å². The van der Waals surface area contributed by atoms with Crippen LogP contribution in [0.2, 0.25) is 0 Å². The third-order valence-corrected chi connectivity index (χ3v) is 0.956. The maximum atomic E-state index is 8.38. The van der Waals surface area contributed by atoms with E-state index in [1.54, 1.807) is 0 Å². The van der Waals surface area contributed by atoms with Gasteiger partial charge in [-0.1, -0.05) is 13.8 Å². The fourth-order valence-electron chi connectivity index (χ4n) is 0.449. The van der Waals surface area contributed by atoms with Gasteiger partial charge in [0.2, 0.25) is 0 Å². The molecule has 3 heteroatoms. The molecule has 0 atom stereocenters. The van der Waals surface area contributed by atoms with Crippen molar-refractivity contribution in [1.82, 2.24) is 5.48 Å². The van der Waals surface area contributed by atoms with Crippen LogP contribution in [0, 0.1) is 5.92 Å². The summed E-state index contributed by atoms with van der Waals surface area (Å²) >= 11 is 0. The largest absolute Gasteiger partial charge is 0.396 e. The van der Waals surface area contributed by atoms with Gasteiger partial charge in [-0.05, 0) is 12.3 Å². The van der Waals surface area contributed by atoms with Gasteiger partial charge in [0.15, 0.2) is 0 Å². The maximum Gasteiger partial charge on any atom is 0.0705 e. The predicted octanol–water partition coefficient (Wildman–Crippen LogP) is 0.546. The summed E-state index contributed by atoms with van der Waals surface area (Å²) in [5.41, 5.74) is 2.76. The summed E-state index contributed by atoms with van der Waals surface area (Å²) in [5, 5.41) is 8.38. The zero-order valence-electron chi connectivity index (χ0n) is 6.76. The van der Waals surface area contributed by atoms with E-state index in [0.29, 0.717) is 5.92 Å². The van der Waals surface area contributed by atoms with Crippen LogP contribution in [0.5, 0.6) is 0 Å². The first-order chi connectivity index (χ1) is 4.77. The minimum absolute atomic E-state index is 0.220. The first kappa shape index (κ1) is 9.88. The van der Waals surface area contributed by atoms with Crippen molar-refractivity contribution >= 4 is 0 Å². The van der Waals surface area contributed by atoms with Crippen molar-refractivity contribution in [3.63, 3.8) is 0 Å². The second kappa shape index (κ2) is 6.99. The van der Waals surface area contributed by atoms with Crippen molar-refractivity contribution in [3.05, 3.63) is 0 Å². The lowest BCUT2D eigenvalue weighted by atomic mass is 10.2. The number of aliphatic hydroxyl groups is 1. The molecule has 0 aromatic carbocycles. The van der Waals surface area contributed by atoms with Gasteiger partial charge in [-0.2, -0.15) is 0 Å². The summed E-state index contributed by atoms with van der Waals surface area (Å²) in [7, 11) is 0. The Hall–Kier alpha value is -0.120. The molecule has 0 aliphatic rings. The Balaban J connectivity index is 2.77. The quantitative estimate of drug-likeness (QED) is 0.426. The van der Waals surface area contributed by atoms with E-state index in [1.165, 1.54) is 0 Å². The molecule has 0 spiro atoms.